The van der Waals surface area contributed by atoms with Crippen molar-refractivity contribution < 1.29 is 21.6 Å². The standard InChI is InChI=1S/C25H19BrClF3N2O2S/c26-21-7-2-1-4-18(21)24-17-6-3-5-16(17)19-13-15(9-11-23(19)31-24)35(33,34)32-14-8-10-22(27)20(12-14)25(28,29)30/h1-5,7-13,16-17,24,31-32H,6H2/t16-,17+,24-/m0/s1. The molecule has 1 aliphatic carbocycles. The van der Waals surface area contributed by atoms with Gasteiger partial charge in [0.05, 0.1) is 21.5 Å². The van der Waals surface area contributed by atoms with Gasteiger partial charge in [-0.2, -0.15) is 13.2 Å². The Kier molecular flexibility index (Phi) is 6.14. The molecule has 5 rings (SSSR count). The fourth-order valence-corrected chi connectivity index (χ4v) is 6.64. The van der Waals surface area contributed by atoms with Gasteiger partial charge < -0.3 is 5.32 Å². The van der Waals surface area contributed by atoms with Crippen LogP contribution in [0.1, 0.15) is 35.1 Å². The molecule has 3 atom stereocenters. The minimum atomic E-state index is -4.70. The van der Waals surface area contributed by atoms with Crippen molar-refractivity contribution in [3.63, 3.8) is 0 Å². The molecule has 0 bridgehead atoms. The van der Waals surface area contributed by atoms with Gasteiger partial charge in [0.15, 0.2) is 0 Å². The van der Waals surface area contributed by atoms with E-state index in [9.17, 15) is 21.6 Å². The van der Waals surface area contributed by atoms with Crippen LogP contribution in [0.25, 0.3) is 0 Å². The summed E-state index contributed by atoms with van der Waals surface area (Å²) in [4.78, 5) is -0.0278. The van der Waals surface area contributed by atoms with Gasteiger partial charge in [-0.25, -0.2) is 8.42 Å². The second-order valence-electron chi connectivity index (χ2n) is 8.54. The SMILES string of the molecule is O=S(=O)(Nc1ccc(Cl)c(C(F)(F)F)c1)c1ccc2c(c1)[C@H]1C=CC[C@H]1[C@@H](c1ccccc1Br)N2. The van der Waals surface area contributed by atoms with E-state index >= 15 is 0 Å². The number of anilines is 2. The maximum Gasteiger partial charge on any atom is 0.417 e. The Morgan fingerprint density at radius 3 is 2.54 bits per heavy atom. The lowest BCUT2D eigenvalue weighted by molar-refractivity contribution is -0.137. The van der Waals surface area contributed by atoms with E-state index in [0.29, 0.717) is 6.07 Å². The van der Waals surface area contributed by atoms with E-state index in [4.69, 9.17) is 11.6 Å². The summed E-state index contributed by atoms with van der Waals surface area (Å²) in [6.07, 6.45) is 0.321. The van der Waals surface area contributed by atoms with Crippen molar-refractivity contribution >= 4 is 48.9 Å². The zero-order valence-corrected chi connectivity index (χ0v) is 21.1. The molecule has 2 aliphatic rings. The topological polar surface area (TPSA) is 58.2 Å². The smallest absolute Gasteiger partial charge is 0.378 e. The van der Waals surface area contributed by atoms with E-state index in [2.05, 4.69) is 44.2 Å². The van der Waals surface area contributed by atoms with Gasteiger partial charge in [-0.05, 0) is 65.9 Å². The largest absolute Gasteiger partial charge is 0.417 e. The van der Waals surface area contributed by atoms with Crippen molar-refractivity contribution in [3.05, 3.63) is 99.0 Å². The summed E-state index contributed by atoms with van der Waals surface area (Å²) in [5, 5.41) is 3.06. The van der Waals surface area contributed by atoms with Crippen LogP contribution in [-0.4, -0.2) is 8.42 Å². The van der Waals surface area contributed by atoms with Gasteiger partial charge in [-0.1, -0.05) is 57.9 Å². The highest BCUT2D eigenvalue weighted by atomic mass is 79.9. The third kappa shape index (κ3) is 4.57. The molecule has 3 aromatic carbocycles. The maximum absolute atomic E-state index is 13.2. The average Bonchev–Trinajstić information content (AvgIpc) is 3.29. The number of nitrogens with one attached hydrogen (secondary N) is 2. The van der Waals surface area contributed by atoms with Gasteiger partial charge >= 0.3 is 6.18 Å². The summed E-state index contributed by atoms with van der Waals surface area (Å²) in [6, 6.07) is 15.7. The van der Waals surface area contributed by atoms with Crippen LogP contribution in [0.3, 0.4) is 0 Å². The van der Waals surface area contributed by atoms with Crippen molar-refractivity contribution in [2.24, 2.45) is 5.92 Å². The zero-order valence-electron chi connectivity index (χ0n) is 18.0. The lowest BCUT2D eigenvalue weighted by atomic mass is 9.77. The third-order valence-corrected chi connectivity index (χ3v) is 8.84. The van der Waals surface area contributed by atoms with Crippen molar-refractivity contribution in [2.75, 3.05) is 10.0 Å². The lowest BCUT2D eigenvalue weighted by Gasteiger charge is -2.38. The monoisotopic (exact) mass is 582 g/mol. The molecular formula is C25H19BrClF3N2O2S. The average molecular weight is 584 g/mol. The van der Waals surface area contributed by atoms with Crippen LogP contribution in [0.2, 0.25) is 5.02 Å². The molecule has 0 unspecified atom stereocenters. The first-order chi connectivity index (χ1) is 16.5. The molecule has 0 aromatic heterocycles. The van der Waals surface area contributed by atoms with Gasteiger partial charge in [0, 0.05) is 21.8 Å². The summed E-state index contributed by atoms with van der Waals surface area (Å²) in [5.41, 5.74) is 1.46. The van der Waals surface area contributed by atoms with Crippen LogP contribution in [-0.2, 0) is 16.2 Å². The van der Waals surface area contributed by atoms with Crippen LogP contribution in [0.5, 0.6) is 0 Å². The number of hydrogen-bond donors (Lipinski definition) is 2. The van der Waals surface area contributed by atoms with Gasteiger partial charge in [0.25, 0.3) is 10.0 Å². The molecule has 1 heterocycles. The minimum absolute atomic E-state index is 0.00544. The predicted octanol–water partition coefficient (Wildman–Crippen LogP) is 7.75. The molecular weight excluding hydrogens is 565 g/mol. The number of alkyl halides is 3. The van der Waals surface area contributed by atoms with Gasteiger partial charge in [-0.3, -0.25) is 4.72 Å². The van der Waals surface area contributed by atoms with E-state index in [-0.39, 0.29) is 28.5 Å². The molecule has 35 heavy (non-hydrogen) atoms. The molecule has 0 spiro atoms. The summed E-state index contributed by atoms with van der Waals surface area (Å²) in [5.74, 6) is 0.198. The fourth-order valence-electron chi connectivity index (χ4n) is 4.79. The summed E-state index contributed by atoms with van der Waals surface area (Å²) >= 11 is 9.29. The quantitative estimate of drug-likeness (QED) is 0.309. The summed E-state index contributed by atoms with van der Waals surface area (Å²) < 4.78 is 69.0. The van der Waals surface area contributed by atoms with Crippen LogP contribution in [0.15, 0.2) is 82.2 Å². The molecule has 4 nitrogen and oxygen atoms in total. The Bertz CT molecular complexity index is 1440. The Hall–Kier alpha value is -2.49. The fraction of sp³-hybridized carbons (Fsp3) is 0.200. The lowest BCUT2D eigenvalue weighted by Crippen LogP contribution is -2.29. The highest BCUT2D eigenvalue weighted by Gasteiger charge is 2.39. The third-order valence-electron chi connectivity index (χ3n) is 6.41. The molecule has 10 heteroatoms. The van der Waals surface area contributed by atoms with E-state index in [1.54, 1.807) is 12.1 Å². The second kappa shape index (κ2) is 8.87. The molecule has 0 saturated carbocycles. The van der Waals surface area contributed by atoms with Crippen LogP contribution >= 0.6 is 27.5 Å². The normalized spacial score (nSPS) is 21.2. The van der Waals surface area contributed by atoms with Crippen molar-refractivity contribution in [3.8, 4) is 0 Å². The molecule has 0 fully saturated rings. The highest BCUT2D eigenvalue weighted by molar-refractivity contribution is 9.10. The molecule has 182 valence electrons. The van der Waals surface area contributed by atoms with Crippen molar-refractivity contribution in [1.29, 1.82) is 0 Å². The van der Waals surface area contributed by atoms with E-state index in [0.717, 1.165) is 33.8 Å². The predicted molar refractivity (Wildman–Crippen MR) is 134 cm³/mol. The summed E-state index contributed by atoms with van der Waals surface area (Å²) in [6.45, 7) is 0. The Morgan fingerprint density at radius 2 is 1.80 bits per heavy atom. The van der Waals surface area contributed by atoms with Crippen LogP contribution in [0, 0.1) is 5.92 Å². The number of benzene rings is 3. The van der Waals surface area contributed by atoms with Crippen molar-refractivity contribution in [1.82, 2.24) is 0 Å². The summed E-state index contributed by atoms with van der Waals surface area (Å²) in [7, 11) is -4.14. The van der Waals surface area contributed by atoms with E-state index in [1.165, 1.54) is 12.1 Å². The van der Waals surface area contributed by atoms with Gasteiger partial charge in [0.1, 0.15) is 0 Å². The zero-order chi connectivity index (χ0) is 25.0. The number of sulfonamides is 1. The number of fused-ring (bicyclic) bond motifs is 3. The first-order valence-corrected chi connectivity index (χ1v) is 13.4. The van der Waals surface area contributed by atoms with Gasteiger partial charge in [-0.15, -0.1) is 0 Å². The van der Waals surface area contributed by atoms with E-state index in [1.807, 2.05) is 18.2 Å². The maximum atomic E-state index is 13.2. The number of rotatable bonds is 4. The molecule has 0 amide bonds. The molecule has 3 aromatic rings. The molecule has 1 aliphatic heterocycles. The molecule has 2 N–H and O–H groups in total. The second-order valence-corrected chi connectivity index (χ2v) is 11.5. The Balaban J connectivity index is 1.48. The first kappa shape index (κ1) is 24.2. The minimum Gasteiger partial charge on any atom is -0.378 e. The van der Waals surface area contributed by atoms with Gasteiger partial charge in [0.2, 0.25) is 0 Å². The number of halogens is 5. The van der Waals surface area contributed by atoms with Crippen LogP contribution < -0.4 is 10.0 Å². The first-order valence-electron chi connectivity index (χ1n) is 10.8. The highest BCUT2D eigenvalue weighted by Crippen LogP contribution is 2.51. The number of allylic oxidation sites excluding steroid dienone is 2. The number of hydrogen-bond acceptors (Lipinski definition) is 3. The molecule has 0 saturated heterocycles. The van der Waals surface area contributed by atoms with Crippen LogP contribution in [0.4, 0.5) is 24.5 Å². The van der Waals surface area contributed by atoms with Crippen molar-refractivity contribution in [2.45, 2.75) is 29.5 Å². The molecule has 0 radical (unpaired) electrons. The Morgan fingerprint density at radius 1 is 1.03 bits per heavy atom. The Labute approximate surface area is 214 Å². The van der Waals surface area contributed by atoms with E-state index < -0.39 is 26.8 Å².